The second-order valence-corrected chi connectivity index (χ2v) is 23.1. The average Bonchev–Trinajstić information content (AvgIpc) is 1.41. The van der Waals surface area contributed by atoms with Crippen LogP contribution in [0.25, 0.3) is 87.8 Å². The van der Waals surface area contributed by atoms with Crippen molar-refractivity contribution in [2.45, 2.75) is 53.7 Å². The second-order valence-electron chi connectivity index (χ2n) is 23.1. The molecule has 0 saturated carbocycles. The van der Waals surface area contributed by atoms with E-state index in [9.17, 15) is 57.6 Å². The maximum absolute atomic E-state index is 12.6. The molecule has 0 radical (unpaired) electrons. The van der Waals surface area contributed by atoms with Crippen LogP contribution in [-0.4, -0.2) is 88.5 Å². The van der Waals surface area contributed by atoms with E-state index in [0.717, 1.165) is 33.9 Å². The van der Waals surface area contributed by atoms with Crippen LogP contribution in [0, 0.1) is 27.7 Å². The van der Waals surface area contributed by atoms with Crippen molar-refractivity contribution in [1.82, 2.24) is 0 Å². The predicted molar refractivity (Wildman–Crippen MR) is 394 cm³/mol. The summed E-state index contributed by atoms with van der Waals surface area (Å²) in [4.78, 5) is 92.3. The zero-order valence-corrected chi connectivity index (χ0v) is 87.2. The minimum Gasteiger partial charge on any atom is -1.00 e. The van der Waals surface area contributed by atoms with Crippen molar-refractivity contribution in [1.29, 1.82) is 0 Å². The van der Waals surface area contributed by atoms with Crippen molar-refractivity contribution >= 4 is 107 Å². The zero-order chi connectivity index (χ0) is 81.1. The molecule has 0 atom stereocenters. The van der Waals surface area contributed by atoms with Gasteiger partial charge in [0.25, 0.3) is 0 Å². The van der Waals surface area contributed by atoms with E-state index in [1.807, 2.05) is 60.7 Å². The third kappa shape index (κ3) is 26.5. The number of furan rings is 4. The Balaban J connectivity index is 0.000000371. The maximum Gasteiger partial charge on any atom is 1.00 e. The minimum absolute atomic E-state index is 0. The summed E-state index contributed by atoms with van der Waals surface area (Å²) in [5.41, 5.74) is 3.21. The fourth-order valence-electron chi connectivity index (χ4n) is 10.9. The Morgan fingerprint density at radius 1 is 0.373 bits per heavy atom. The first-order chi connectivity index (χ1) is 53.8. The van der Waals surface area contributed by atoms with Crippen LogP contribution >= 0.6 is 0 Å². The van der Waals surface area contributed by atoms with Crippen LogP contribution in [-0.2, 0) is 53.8 Å². The summed E-state index contributed by atoms with van der Waals surface area (Å²) in [6.07, 6.45) is 0.000915. The molecule has 0 fully saturated rings. The van der Waals surface area contributed by atoms with Crippen molar-refractivity contribution in [2.24, 2.45) is 0 Å². The molecule has 0 unspecified atom stereocenters. The molecule has 30 nitrogen and oxygen atoms in total. The number of benzene rings is 7. The van der Waals surface area contributed by atoms with Gasteiger partial charge in [-0.15, -0.1) is 0 Å². The number of phenolic OH excluding ortho intramolecular Hbond substituents is 4. The molecule has 600 valence electrons. The van der Waals surface area contributed by atoms with Gasteiger partial charge in [0.15, 0.2) is 66.4 Å². The van der Waals surface area contributed by atoms with E-state index < -0.39 is 17.9 Å². The van der Waals surface area contributed by atoms with E-state index in [-0.39, 0.29) is 404 Å². The van der Waals surface area contributed by atoms with Crippen molar-refractivity contribution in [2.75, 3.05) is 42.7 Å². The van der Waals surface area contributed by atoms with Gasteiger partial charge in [-0.05, 0) is 105 Å². The number of phenols is 4. The Labute approximate surface area is 891 Å². The number of carbonyl (C=O) groups excluding carboxylic acids is 3. The summed E-state index contributed by atoms with van der Waals surface area (Å²) in [6.45, 7) is 7.80. The number of alkyl halides is 3. The van der Waals surface area contributed by atoms with Gasteiger partial charge in [-0.25, -0.2) is 0 Å². The molecule has 0 saturated heterocycles. The average molecular weight is 2060 g/mol. The number of rotatable bonds is 17. The first-order valence-corrected chi connectivity index (χ1v) is 32.5. The molecule has 118 heavy (non-hydrogen) atoms. The smallest absolute Gasteiger partial charge is 1.00 e. The monoisotopic (exact) mass is 2060 g/mol. The van der Waals surface area contributed by atoms with Crippen LogP contribution in [0.1, 0.15) is 39.7 Å². The zero-order valence-electron chi connectivity index (χ0n) is 65.5. The number of hydrogen-bond acceptors (Lipinski definition) is 30. The predicted octanol–water partition coefficient (Wildman–Crippen LogP) is -2.80. The molecule has 0 bridgehead atoms. The molecular weight excluding hydrogens is 1990 g/mol. The molecule has 15 aromatic rings. The molecule has 39 heteroatoms. The molecule has 4 N–H and O–H groups in total. The standard InChI is InChI=1S/C21H18O6.C20H16O6.C13H10O5.C12H8O5.C9H10O4.C2HF3O.C2H4O3.ClH.2Cs.HI.2K/c1-12-10-16(22)17-18(24-3)15-8-9-25-19(15)21(20(17)27-12)26-11-13-4-6-14(23-2)7-5-13;1-11-9-15(21)16-17(22)14-7-8-24-18(14)20(19(16)26-11)25-10-12-3-5-13(23-2)6-4-12;1-6-5-8(14)9-11(16-2)7-3-4-17-12(7)10(15)13(9)18-6;1-5-4-7(13)8-9(14)6-2-3-16-11(6)10(15)12(8)17-5;1-11-9-4-2-8(3-5-9)6-12-13-7-10;3-2(4,5)1-6;1-4-5-2-3;;;;;;/h4-10H,11H2,1-3H3;3-9,22H,10H2,1-2H3;3-5,15H,1-2H3;2-4,14-15H,1H3;2-5,7H,6H2,1H3;1H;2H,1H3;1H;;;1H;;/q;;;;;;;;2*+1;;2*+1/p-2. The van der Waals surface area contributed by atoms with Crippen molar-refractivity contribution in [3.63, 3.8) is 0 Å². The van der Waals surface area contributed by atoms with E-state index in [2.05, 4.69) is 19.6 Å². The van der Waals surface area contributed by atoms with Crippen LogP contribution in [0.5, 0.6) is 63.2 Å². The number of methoxy groups -OCH3 is 5. The quantitative estimate of drug-likeness (QED) is 0.0136. The first kappa shape index (κ1) is 106. The van der Waals surface area contributed by atoms with Gasteiger partial charge >= 0.3 is 260 Å². The summed E-state index contributed by atoms with van der Waals surface area (Å²) >= 11 is 0. The van der Waals surface area contributed by atoms with E-state index >= 15 is 0 Å². The number of ether oxygens (including phenoxy) is 7. The van der Waals surface area contributed by atoms with Gasteiger partial charge in [-0.3, -0.25) is 33.6 Å². The number of aldehydes is 1. The number of aromatic hydroxyl groups is 4. The Morgan fingerprint density at radius 2 is 0.661 bits per heavy atom. The number of hydrogen-bond donors (Lipinski definition) is 4. The van der Waals surface area contributed by atoms with Crippen LogP contribution in [0.3, 0.4) is 0 Å². The Bertz CT molecular complexity index is 6100. The van der Waals surface area contributed by atoms with E-state index in [0.29, 0.717) is 78.6 Å². The van der Waals surface area contributed by atoms with Gasteiger partial charge in [0.05, 0.1) is 89.3 Å². The molecule has 15 rings (SSSR count). The summed E-state index contributed by atoms with van der Waals surface area (Å²) in [5, 5.41) is 42.9. The number of carbonyl (C=O) groups is 3. The summed E-state index contributed by atoms with van der Waals surface area (Å²) < 4.78 is 113. The fourth-order valence-corrected chi connectivity index (χ4v) is 10.9. The van der Waals surface area contributed by atoms with Crippen molar-refractivity contribution in [3.8, 4) is 63.2 Å². The van der Waals surface area contributed by atoms with Crippen LogP contribution < -0.4 is 332 Å². The van der Waals surface area contributed by atoms with E-state index in [1.54, 1.807) is 79.4 Å². The Morgan fingerprint density at radius 3 is 1.01 bits per heavy atom. The molecule has 0 spiro atoms. The van der Waals surface area contributed by atoms with Gasteiger partial charge in [-0.2, -0.15) is 22.9 Å². The Hall–Kier alpha value is -5.94. The summed E-state index contributed by atoms with van der Waals surface area (Å²) in [5.74, 6) is 4.50. The third-order valence-corrected chi connectivity index (χ3v) is 15.8. The van der Waals surface area contributed by atoms with Crippen LogP contribution in [0.2, 0.25) is 0 Å². The fraction of sp³-hybridized carbons (Fsp3) is 0.177. The van der Waals surface area contributed by atoms with Gasteiger partial charge in [0.1, 0.15) is 105 Å². The van der Waals surface area contributed by atoms with E-state index in [4.69, 9.17) is 78.1 Å². The van der Waals surface area contributed by atoms with Gasteiger partial charge < -0.3 is 135 Å². The first-order valence-electron chi connectivity index (χ1n) is 32.5. The second kappa shape index (κ2) is 50.6. The largest absolute Gasteiger partial charge is 1.00 e. The van der Waals surface area contributed by atoms with Gasteiger partial charge in [0.2, 0.25) is 29.3 Å². The van der Waals surface area contributed by atoms with Gasteiger partial charge in [0, 0.05) is 24.3 Å². The van der Waals surface area contributed by atoms with Crippen LogP contribution in [0.15, 0.2) is 201 Å². The van der Waals surface area contributed by atoms with Crippen molar-refractivity contribution < 1.29 is 413 Å². The maximum atomic E-state index is 12.6. The molecular formula is C79H67ClCs2F3IK2O30+2. The normalized spacial score (nSPS) is 10.2. The molecule has 0 aliphatic heterocycles. The number of aryl methyl sites for hydroxylation is 4. The molecule has 0 aliphatic rings. The number of halogens is 5. The molecule has 0 amide bonds. The molecule has 7 aromatic carbocycles. The topological polar surface area (TPSA) is 407 Å². The molecule has 8 aromatic heterocycles. The van der Waals surface area contributed by atoms with E-state index in [1.165, 1.54) is 76.7 Å². The minimum atomic E-state index is -4.64. The Kier molecular flexibility index (Phi) is 45.6. The van der Waals surface area contributed by atoms with Gasteiger partial charge in [-0.1, -0.05) is 36.4 Å². The SMILES string of the molecule is COOC=O.COc1c2ccoc2c(O)c2oc(C)cc(=O)c12.COc1ccc(COOC=O)cc1.COc1ccc(COc2c3occc3c(O)c3c(=O)cc(C)oc23)cc1.COc1ccc(COc2c3occc3c(OC)c3c(=O)cc(C)oc23)cc1.Cc1cc(=O)c2c(O)c3ccoc3c(O)c2o1.O=CC(F)(F)F.[Cl-].[Cs+].[Cs+].[I-].[K+].[K+]. The third-order valence-electron chi connectivity index (χ3n) is 15.8. The molecule has 8 heterocycles. The summed E-state index contributed by atoms with van der Waals surface area (Å²) in [6, 6.07) is 34.0. The number of fused-ring (bicyclic) bond motifs is 8. The molecule has 0 aliphatic carbocycles. The summed E-state index contributed by atoms with van der Waals surface area (Å²) in [7, 11) is 9.05. The van der Waals surface area contributed by atoms with Crippen molar-refractivity contribution in [3.05, 3.63) is 227 Å². The van der Waals surface area contributed by atoms with Crippen LogP contribution in [0.4, 0.5) is 13.2 Å².